The van der Waals surface area contributed by atoms with Crippen LogP contribution in [-0.4, -0.2) is 27.4 Å². The van der Waals surface area contributed by atoms with E-state index in [9.17, 15) is 8.42 Å². The number of sulfonamides is 1. The summed E-state index contributed by atoms with van der Waals surface area (Å²) in [6.07, 6.45) is 7.78. The maximum atomic E-state index is 10.8. The first kappa shape index (κ1) is 17.9. The minimum atomic E-state index is -3.31. The van der Waals surface area contributed by atoms with Crippen LogP contribution in [0, 0.1) is 5.92 Å². The predicted molar refractivity (Wildman–Crippen MR) is 76.0 cm³/mol. The monoisotopic (exact) mass is 279 g/mol. The van der Waals surface area contributed by atoms with Gasteiger partial charge in [0.25, 0.3) is 0 Å². The molecule has 5 heteroatoms. The molecule has 2 N–H and O–H groups in total. The molecule has 0 amide bonds. The van der Waals surface area contributed by atoms with Gasteiger partial charge in [0.1, 0.15) is 0 Å². The van der Waals surface area contributed by atoms with Crippen LogP contribution in [0.25, 0.3) is 0 Å². The zero-order valence-electron chi connectivity index (χ0n) is 11.9. The largest absolute Gasteiger partial charge is 0.381 e. The van der Waals surface area contributed by atoms with E-state index in [-0.39, 0.29) is 5.75 Å². The lowest BCUT2D eigenvalue weighted by Gasteiger charge is -2.10. The van der Waals surface area contributed by atoms with Crippen LogP contribution in [0.2, 0.25) is 0 Å². The number of unbranched alkanes of at least 4 members (excludes halogenated alkanes) is 4. The summed E-state index contributed by atoms with van der Waals surface area (Å²) in [5.74, 6) is 0.425. The number of hydrogen-bond donors (Lipinski definition) is 1. The molecule has 0 aromatic carbocycles. The molecule has 0 aliphatic carbocycles. The molecule has 0 rings (SSSR count). The van der Waals surface area contributed by atoms with Gasteiger partial charge in [-0.05, 0) is 25.2 Å². The van der Waals surface area contributed by atoms with Gasteiger partial charge in [-0.3, -0.25) is 0 Å². The Hall–Kier alpha value is -0.130. The van der Waals surface area contributed by atoms with Crippen LogP contribution in [0.15, 0.2) is 0 Å². The highest BCUT2D eigenvalue weighted by atomic mass is 32.2. The summed E-state index contributed by atoms with van der Waals surface area (Å²) < 4.78 is 27.1. The molecule has 0 fully saturated rings. The minimum absolute atomic E-state index is 0.0746. The Balaban J connectivity index is 3.28. The van der Waals surface area contributed by atoms with E-state index in [1.54, 1.807) is 0 Å². The summed E-state index contributed by atoms with van der Waals surface area (Å²) in [6, 6.07) is 0. The molecule has 110 valence electrons. The molecule has 0 aliphatic heterocycles. The second kappa shape index (κ2) is 10.8. The van der Waals surface area contributed by atoms with E-state index in [1.165, 1.54) is 25.7 Å². The smallest absolute Gasteiger partial charge is 0.209 e. The van der Waals surface area contributed by atoms with Gasteiger partial charge in [0.05, 0.1) is 5.75 Å². The maximum absolute atomic E-state index is 10.8. The van der Waals surface area contributed by atoms with Crippen molar-refractivity contribution in [1.82, 2.24) is 0 Å². The van der Waals surface area contributed by atoms with Crippen molar-refractivity contribution in [3.05, 3.63) is 0 Å². The Morgan fingerprint density at radius 2 is 1.72 bits per heavy atom. The van der Waals surface area contributed by atoms with Gasteiger partial charge >= 0.3 is 0 Å². The molecule has 0 spiro atoms. The van der Waals surface area contributed by atoms with Gasteiger partial charge in [-0.25, -0.2) is 13.6 Å². The third-order valence-electron chi connectivity index (χ3n) is 3.04. The molecule has 0 aliphatic rings. The number of primary sulfonamides is 1. The molecular formula is C13H29NO3S. The van der Waals surface area contributed by atoms with Crippen LogP contribution in [0.1, 0.15) is 58.8 Å². The van der Waals surface area contributed by atoms with Crippen molar-refractivity contribution in [2.24, 2.45) is 11.1 Å². The first-order valence-corrected chi connectivity index (χ1v) is 8.75. The number of hydrogen-bond acceptors (Lipinski definition) is 3. The Bertz CT molecular complexity index is 278. The summed E-state index contributed by atoms with van der Waals surface area (Å²) >= 11 is 0. The Morgan fingerprint density at radius 3 is 2.33 bits per heavy atom. The zero-order chi connectivity index (χ0) is 13.9. The van der Waals surface area contributed by atoms with Crippen molar-refractivity contribution < 1.29 is 13.2 Å². The molecule has 0 radical (unpaired) electrons. The number of nitrogens with two attached hydrogens (primary N) is 1. The van der Waals surface area contributed by atoms with Crippen LogP contribution < -0.4 is 5.14 Å². The van der Waals surface area contributed by atoms with Crippen molar-refractivity contribution in [3.8, 4) is 0 Å². The molecule has 0 aromatic rings. The number of rotatable bonds is 12. The fourth-order valence-corrected chi connectivity index (χ4v) is 2.43. The Kier molecular flexibility index (Phi) is 10.7. The Labute approximate surface area is 112 Å². The van der Waals surface area contributed by atoms with Crippen molar-refractivity contribution in [2.75, 3.05) is 19.0 Å². The topological polar surface area (TPSA) is 69.4 Å². The van der Waals surface area contributed by atoms with Gasteiger partial charge in [0, 0.05) is 13.2 Å². The molecule has 0 saturated carbocycles. The van der Waals surface area contributed by atoms with E-state index in [0.29, 0.717) is 12.3 Å². The van der Waals surface area contributed by atoms with Crippen LogP contribution in [0.5, 0.6) is 0 Å². The lowest BCUT2D eigenvalue weighted by Crippen LogP contribution is -2.18. The molecule has 4 nitrogen and oxygen atoms in total. The van der Waals surface area contributed by atoms with E-state index in [1.807, 2.05) is 6.92 Å². The van der Waals surface area contributed by atoms with E-state index in [2.05, 4.69) is 6.92 Å². The molecule has 1 unspecified atom stereocenters. The SMILES string of the molecule is CCCCCCCOCCC(C)CCS(N)(=O)=O. The molecule has 18 heavy (non-hydrogen) atoms. The van der Waals surface area contributed by atoms with E-state index in [4.69, 9.17) is 9.88 Å². The first-order chi connectivity index (χ1) is 8.45. The highest BCUT2D eigenvalue weighted by Gasteiger charge is 2.07. The Morgan fingerprint density at radius 1 is 1.06 bits per heavy atom. The summed E-state index contributed by atoms with van der Waals surface area (Å²) in [5, 5.41) is 4.96. The fraction of sp³-hybridized carbons (Fsp3) is 1.00. The lowest BCUT2D eigenvalue weighted by molar-refractivity contribution is 0.117. The van der Waals surface area contributed by atoms with Crippen molar-refractivity contribution in [3.63, 3.8) is 0 Å². The van der Waals surface area contributed by atoms with Gasteiger partial charge in [0.15, 0.2) is 0 Å². The first-order valence-electron chi connectivity index (χ1n) is 7.04. The second-order valence-electron chi connectivity index (χ2n) is 5.08. The standard InChI is InChI=1S/C13H29NO3S/c1-3-4-5-6-7-10-17-11-8-13(2)9-12-18(14,15)16/h13H,3-12H2,1-2H3,(H2,14,15,16). The van der Waals surface area contributed by atoms with Gasteiger partial charge in [-0.15, -0.1) is 0 Å². The third-order valence-corrected chi connectivity index (χ3v) is 3.85. The van der Waals surface area contributed by atoms with Crippen LogP contribution in [0.3, 0.4) is 0 Å². The van der Waals surface area contributed by atoms with Crippen molar-refractivity contribution >= 4 is 10.0 Å². The van der Waals surface area contributed by atoms with Crippen LogP contribution in [0.4, 0.5) is 0 Å². The quantitative estimate of drug-likeness (QED) is 0.558. The van der Waals surface area contributed by atoms with Crippen molar-refractivity contribution in [1.29, 1.82) is 0 Å². The van der Waals surface area contributed by atoms with Gasteiger partial charge in [0.2, 0.25) is 10.0 Å². The minimum Gasteiger partial charge on any atom is -0.381 e. The highest BCUT2D eigenvalue weighted by molar-refractivity contribution is 7.89. The summed E-state index contributed by atoms with van der Waals surface area (Å²) in [4.78, 5) is 0. The molecule has 0 heterocycles. The fourth-order valence-electron chi connectivity index (χ4n) is 1.70. The lowest BCUT2D eigenvalue weighted by atomic mass is 10.1. The normalized spacial score (nSPS) is 13.7. The molecule has 0 bridgehead atoms. The number of ether oxygens (including phenoxy) is 1. The third kappa shape index (κ3) is 13.9. The zero-order valence-corrected chi connectivity index (χ0v) is 12.7. The second-order valence-corrected chi connectivity index (χ2v) is 6.81. The average Bonchev–Trinajstić information content (AvgIpc) is 2.29. The van der Waals surface area contributed by atoms with Gasteiger partial charge < -0.3 is 4.74 Å². The van der Waals surface area contributed by atoms with E-state index in [0.717, 1.165) is 26.1 Å². The van der Waals surface area contributed by atoms with Gasteiger partial charge in [-0.1, -0.05) is 39.5 Å². The summed E-state index contributed by atoms with van der Waals surface area (Å²) in [5.41, 5.74) is 0. The van der Waals surface area contributed by atoms with E-state index >= 15 is 0 Å². The molecule has 1 atom stereocenters. The molecule has 0 aromatic heterocycles. The van der Waals surface area contributed by atoms with Crippen molar-refractivity contribution in [2.45, 2.75) is 58.8 Å². The maximum Gasteiger partial charge on any atom is 0.209 e. The summed E-state index contributed by atoms with van der Waals surface area (Å²) in [6.45, 7) is 5.79. The average molecular weight is 279 g/mol. The highest BCUT2D eigenvalue weighted by Crippen LogP contribution is 2.09. The van der Waals surface area contributed by atoms with Crippen LogP contribution in [-0.2, 0) is 14.8 Å². The molecule has 0 saturated heterocycles. The predicted octanol–water partition coefficient (Wildman–Crippen LogP) is 2.68. The van der Waals surface area contributed by atoms with Gasteiger partial charge in [-0.2, -0.15) is 0 Å². The van der Waals surface area contributed by atoms with E-state index < -0.39 is 10.0 Å². The molecular weight excluding hydrogens is 250 g/mol. The summed E-state index contributed by atoms with van der Waals surface area (Å²) in [7, 11) is -3.31. The van der Waals surface area contributed by atoms with Crippen LogP contribution >= 0.6 is 0 Å².